The van der Waals surface area contributed by atoms with Crippen molar-refractivity contribution in [3.05, 3.63) is 29.8 Å². The van der Waals surface area contributed by atoms with Crippen molar-refractivity contribution in [2.24, 2.45) is 0 Å². The van der Waals surface area contributed by atoms with Crippen LogP contribution < -0.4 is 0 Å². The quantitative estimate of drug-likeness (QED) is 0.836. The summed E-state index contributed by atoms with van der Waals surface area (Å²) in [5, 5.41) is 8.99. The number of carbonyl (C=O) groups is 1. The average molecular weight is 248 g/mol. The Morgan fingerprint density at radius 3 is 2.29 bits per heavy atom. The minimum atomic E-state index is -4.72. The fourth-order valence-corrected chi connectivity index (χ4v) is 1.35. The van der Waals surface area contributed by atoms with E-state index in [0.29, 0.717) is 0 Å². The number of hydrogen-bond donors (Lipinski definition) is 1. The molecule has 0 aliphatic rings. The van der Waals surface area contributed by atoms with Gasteiger partial charge in [-0.05, 0) is 24.6 Å². The van der Waals surface area contributed by atoms with Crippen LogP contribution in [0.5, 0.6) is 5.75 Å². The predicted octanol–water partition coefficient (Wildman–Crippen LogP) is 2.60. The zero-order valence-corrected chi connectivity index (χ0v) is 8.99. The van der Waals surface area contributed by atoms with Gasteiger partial charge in [-0.2, -0.15) is 13.2 Å². The molecule has 1 unspecified atom stereocenters. The number of rotatable bonds is 3. The molecule has 0 spiro atoms. The van der Waals surface area contributed by atoms with Crippen molar-refractivity contribution in [1.82, 2.24) is 0 Å². The number of benzene rings is 1. The van der Waals surface area contributed by atoms with Crippen LogP contribution in [-0.2, 0) is 9.53 Å². The predicted molar refractivity (Wildman–Crippen MR) is 53.5 cm³/mol. The number of hydrogen-bond acceptors (Lipinski definition) is 3. The largest absolute Gasteiger partial charge is 0.508 e. The summed E-state index contributed by atoms with van der Waals surface area (Å²) in [6, 6.07) is 4.27. The maximum atomic E-state index is 12.7. The van der Waals surface area contributed by atoms with Gasteiger partial charge in [0.15, 0.2) is 5.92 Å². The first-order chi connectivity index (χ1) is 7.86. The summed E-state index contributed by atoms with van der Waals surface area (Å²) in [6.07, 6.45) is -4.72. The van der Waals surface area contributed by atoms with E-state index in [1.165, 1.54) is 6.92 Å². The molecule has 1 N–H and O–H groups in total. The summed E-state index contributed by atoms with van der Waals surface area (Å²) in [4.78, 5) is 11.3. The van der Waals surface area contributed by atoms with Crippen LogP contribution in [0, 0.1) is 0 Å². The molecule has 0 amide bonds. The fourth-order valence-electron chi connectivity index (χ4n) is 1.35. The van der Waals surface area contributed by atoms with Crippen LogP contribution >= 0.6 is 0 Å². The summed E-state index contributed by atoms with van der Waals surface area (Å²) >= 11 is 0. The third-order valence-corrected chi connectivity index (χ3v) is 2.08. The molecule has 0 saturated carbocycles. The minimum Gasteiger partial charge on any atom is -0.508 e. The molecule has 3 nitrogen and oxygen atoms in total. The zero-order valence-electron chi connectivity index (χ0n) is 8.99. The van der Waals surface area contributed by atoms with Gasteiger partial charge in [-0.1, -0.05) is 12.1 Å². The van der Waals surface area contributed by atoms with Crippen molar-refractivity contribution in [2.75, 3.05) is 6.61 Å². The van der Waals surface area contributed by atoms with E-state index in [0.717, 1.165) is 24.3 Å². The molecule has 0 fully saturated rings. The van der Waals surface area contributed by atoms with E-state index < -0.39 is 18.1 Å². The van der Waals surface area contributed by atoms with Gasteiger partial charge < -0.3 is 9.84 Å². The SMILES string of the molecule is CCOC(=O)C(c1ccc(O)cc1)C(F)(F)F. The van der Waals surface area contributed by atoms with Crippen molar-refractivity contribution < 1.29 is 27.8 Å². The molecular formula is C11H11F3O3. The van der Waals surface area contributed by atoms with Crippen LogP contribution in [0.2, 0.25) is 0 Å². The highest BCUT2D eigenvalue weighted by Crippen LogP contribution is 2.36. The first-order valence-electron chi connectivity index (χ1n) is 4.88. The molecule has 0 heterocycles. The number of ether oxygens (including phenoxy) is 1. The van der Waals surface area contributed by atoms with Crippen LogP contribution in [0.25, 0.3) is 0 Å². The van der Waals surface area contributed by atoms with Gasteiger partial charge >= 0.3 is 12.1 Å². The Kier molecular flexibility index (Phi) is 3.98. The van der Waals surface area contributed by atoms with Crippen LogP contribution in [0.4, 0.5) is 13.2 Å². The van der Waals surface area contributed by atoms with Crippen molar-refractivity contribution in [1.29, 1.82) is 0 Å². The lowest BCUT2D eigenvalue weighted by atomic mass is 9.98. The van der Waals surface area contributed by atoms with Gasteiger partial charge in [-0.25, -0.2) is 0 Å². The number of phenolic OH excluding ortho intramolecular Hbond substituents is 1. The topological polar surface area (TPSA) is 46.5 Å². The Balaban J connectivity index is 3.07. The maximum absolute atomic E-state index is 12.7. The monoisotopic (exact) mass is 248 g/mol. The standard InChI is InChI=1S/C11H11F3O3/c1-2-17-10(16)9(11(12,13)14)7-3-5-8(15)6-4-7/h3-6,9,15H,2H2,1H3. The van der Waals surface area contributed by atoms with E-state index >= 15 is 0 Å². The Labute approximate surface area is 95.8 Å². The van der Waals surface area contributed by atoms with Crippen LogP contribution in [-0.4, -0.2) is 23.9 Å². The summed E-state index contributed by atoms with van der Waals surface area (Å²) in [7, 11) is 0. The molecule has 1 rings (SSSR count). The van der Waals surface area contributed by atoms with Crippen LogP contribution in [0.15, 0.2) is 24.3 Å². The second kappa shape index (κ2) is 5.07. The van der Waals surface area contributed by atoms with Gasteiger partial charge in [-0.3, -0.25) is 4.79 Å². The lowest BCUT2D eigenvalue weighted by molar-refractivity contribution is -0.180. The Morgan fingerprint density at radius 1 is 1.35 bits per heavy atom. The average Bonchev–Trinajstić information content (AvgIpc) is 2.19. The third-order valence-electron chi connectivity index (χ3n) is 2.08. The molecule has 0 aromatic heterocycles. The van der Waals surface area contributed by atoms with E-state index in [-0.39, 0.29) is 17.9 Å². The number of halogens is 3. The number of alkyl halides is 3. The minimum absolute atomic E-state index is 0.122. The fraction of sp³-hybridized carbons (Fsp3) is 0.364. The highest BCUT2D eigenvalue weighted by atomic mass is 19.4. The van der Waals surface area contributed by atoms with E-state index in [1.807, 2.05) is 0 Å². The number of esters is 1. The number of phenols is 1. The Morgan fingerprint density at radius 2 is 1.88 bits per heavy atom. The third kappa shape index (κ3) is 3.37. The molecule has 1 atom stereocenters. The first kappa shape index (κ1) is 13.3. The van der Waals surface area contributed by atoms with Crippen molar-refractivity contribution in [2.45, 2.75) is 19.0 Å². The number of carbonyl (C=O) groups excluding carboxylic acids is 1. The lowest BCUT2D eigenvalue weighted by Gasteiger charge is -2.18. The molecule has 6 heteroatoms. The Hall–Kier alpha value is -1.72. The summed E-state index contributed by atoms with van der Waals surface area (Å²) < 4.78 is 42.5. The first-order valence-corrected chi connectivity index (χ1v) is 4.88. The highest BCUT2D eigenvalue weighted by Gasteiger charge is 2.47. The van der Waals surface area contributed by atoms with Crippen molar-refractivity contribution in [3.8, 4) is 5.75 Å². The molecule has 0 aliphatic carbocycles. The molecule has 0 radical (unpaired) electrons. The second-order valence-electron chi connectivity index (χ2n) is 3.32. The van der Waals surface area contributed by atoms with E-state index in [9.17, 15) is 18.0 Å². The van der Waals surface area contributed by atoms with E-state index in [2.05, 4.69) is 4.74 Å². The second-order valence-corrected chi connectivity index (χ2v) is 3.32. The summed E-state index contributed by atoms with van der Waals surface area (Å²) in [6.45, 7) is 1.31. The molecule has 94 valence electrons. The molecule has 0 bridgehead atoms. The summed E-state index contributed by atoms with van der Waals surface area (Å²) in [5.41, 5.74) is -0.256. The van der Waals surface area contributed by atoms with Crippen molar-refractivity contribution >= 4 is 5.97 Å². The van der Waals surface area contributed by atoms with Gasteiger partial charge in [0, 0.05) is 0 Å². The molecular weight excluding hydrogens is 237 g/mol. The normalized spacial score (nSPS) is 13.2. The maximum Gasteiger partial charge on any atom is 0.406 e. The van der Waals surface area contributed by atoms with Crippen LogP contribution in [0.3, 0.4) is 0 Å². The van der Waals surface area contributed by atoms with E-state index in [1.54, 1.807) is 0 Å². The van der Waals surface area contributed by atoms with Crippen molar-refractivity contribution in [3.63, 3.8) is 0 Å². The lowest BCUT2D eigenvalue weighted by Crippen LogP contribution is -2.30. The molecule has 0 aliphatic heterocycles. The van der Waals surface area contributed by atoms with Gasteiger partial charge in [0.25, 0.3) is 0 Å². The van der Waals surface area contributed by atoms with Gasteiger partial charge in [0.2, 0.25) is 0 Å². The molecule has 17 heavy (non-hydrogen) atoms. The molecule has 1 aromatic rings. The Bertz CT molecular complexity index is 384. The zero-order chi connectivity index (χ0) is 13.1. The van der Waals surface area contributed by atoms with Gasteiger partial charge in [0.05, 0.1) is 6.61 Å². The summed E-state index contributed by atoms with van der Waals surface area (Å²) in [5.74, 6) is -3.83. The van der Waals surface area contributed by atoms with Crippen LogP contribution in [0.1, 0.15) is 18.4 Å². The van der Waals surface area contributed by atoms with Gasteiger partial charge in [-0.15, -0.1) is 0 Å². The van der Waals surface area contributed by atoms with E-state index in [4.69, 9.17) is 5.11 Å². The number of aromatic hydroxyl groups is 1. The van der Waals surface area contributed by atoms with Gasteiger partial charge in [0.1, 0.15) is 5.75 Å². The highest BCUT2D eigenvalue weighted by molar-refractivity contribution is 5.79. The molecule has 0 saturated heterocycles. The smallest absolute Gasteiger partial charge is 0.406 e. The molecule has 1 aromatic carbocycles.